The molecule has 0 atom stereocenters. The molecule has 0 unspecified atom stereocenters. The molecule has 0 aliphatic heterocycles. The molecule has 2 heterocycles. The zero-order valence-electron chi connectivity index (χ0n) is 18.8. The molecule has 0 aliphatic carbocycles. The predicted molar refractivity (Wildman–Crippen MR) is 130 cm³/mol. The van der Waals surface area contributed by atoms with Gasteiger partial charge in [0.2, 0.25) is 0 Å². The highest BCUT2D eigenvalue weighted by Crippen LogP contribution is 2.27. The van der Waals surface area contributed by atoms with Crippen LogP contribution >= 0.6 is 0 Å². The highest BCUT2D eigenvalue weighted by atomic mass is 32.2. The van der Waals surface area contributed by atoms with Crippen molar-refractivity contribution in [1.82, 2.24) is 9.97 Å². The summed E-state index contributed by atoms with van der Waals surface area (Å²) in [7, 11) is -2.65. The summed E-state index contributed by atoms with van der Waals surface area (Å²) in [6.07, 6.45) is 3.06. The van der Waals surface area contributed by atoms with Gasteiger partial charge < -0.3 is 4.74 Å². The zero-order chi connectivity index (χ0) is 24.3. The van der Waals surface area contributed by atoms with Crippen molar-refractivity contribution in [3.05, 3.63) is 94.9 Å². The Bertz CT molecular complexity index is 1580. The Kier molecular flexibility index (Phi) is 6.30. The van der Waals surface area contributed by atoms with Crippen LogP contribution in [0, 0.1) is 25.7 Å². The topological polar surface area (TPSA) is 98.2 Å². The van der Waals surface area contributed by atoms with Crippen LogP contribution in [0.15, 0.2) is 71.9 Å². The fraction of sp³-hybridized carbons (Fsp3) is 0.115. The number of aryl methyl sites for hydroxylation is 2. The van der Waals surface area contributed by atoms with E-state index < -0.39 is 16.0 Å². The molecule has 0 bridgehead atoms. The number of hydrogen-bond acceptors (Lipinski definition) is 6. The van der Waals surface area contributed by atoms with Crippen molar-refractivity contribution in [2.45, 2.75) is 18.7 Å². The van der Waals surface area contributed by atoms with Crippen LogP contribution in [0.25, 0.3) is 10.9 Å². The minimum atomic E-state index is -3.95. The number of esters is 1. The van der Waals surface area contributed by atoms with E-state index in [-0.39, 0.29) is 10.6 Å². The Morgan fingerprint density at radius 1 is 0.941 bits per heavy atom. The number of benzene rings is 2. The molecule has 0 radical (unpaired) electrons. The van der Waals surface area contributed by atoms with Crippen LogP contribution in [0.5, 0.6) is 0 Å². The lowest BCUT2D eigenvalue weighted by molar-refractivity contribution is 0.0594. The highest BCUT2D eigenvalue weighted by Gasteiger charge is 2.22. The maximum atomic E-state index is 13.4. The van der Waals surface area contributed by atoms with Gasteiger partial charge in [-0.3, -0.25) is 9.71 Å². The lowest BCUT2D eigenvalue weighted by atomic mass is 10.1. The van der Waals surface area contributed by atoms with Crippen molar-refractivity contribution in [3.63, 3.8) is 0 Å². The minimum absolute atomic E-state index is 0.131. The van der Waals surface area contributed by atoms with E-state index in [9.17, 15) is 13.2 Å². The van der Waals surface area contributed by atoms with Crippen LogP contribution in [-0.2, 0) is 14.8 Å². The third-order valence-electron chi connectivity index (χ3n) is 5.20. The first kappa shape index (κ1) is 23.0. The number of nitrogens with one attached hydrogen (secondary N) is 1. The van der Waals surface area contributed by atoms with Crippen molar-refractivity contribution in [2.24, 2.45) is 0 Å². The minimum Gasteiger partial charge on any atom is -0.464 e. The number of anilines is 1. The Balaban J connectivity index is 1.71. The number of aromatic nitrogens is 2. The largest absolute Gasteiger partial charge is 0.464 e. The predicted octanol–water partition coefficient (Wildman–Crippen LogP) is 4.23. The van der Waals surface area contributed by atoms with Gasteiger partial charge >= 0.3 is 5.97 Å². The van der Waals surface area contributed by atoms with Gasteiger partial charge in [0.05, 0.1) is 18.3 Å². The van der Waals surface area contributed by atoms with E-state index in [0.717, 1.165) is 10.9 Å². The lowest BCUT2D eigenvalue weighted by Gasteiger charge is -2.13. The maximum Gasteiger partial charge on any atom is 0.356 e. The summed E-state index contributed by atoms with van der Waals surface area (Å²) in [5, 5.41) is 0.736. The van der Waals surface area contributed by atoms with Crippen LogP contribution in [0.3, 0.4) is 0 Å². The van der Waals surface area contributed by atoms with E-state index in [2.05, 4.69) is 31.3 Å². The van der Waals surface area contributed by atoms with E-state index in [1.807, 2.05) is 19.1 Å². The maximum absolute atomic E-state index is 13.4. The van der Waals surface area contributed by atoms with Gasteiger partial charge in [-0.25, -0.2) is 18.2 Å². The number of para-hydroxylation sites is 1. The Labute approximate surface area is 197 Å². The first-order valence-corrected chi connectivity index (χ1v) is 11.8. The number of ether oxygens (including phenoxy) is 1. The molecule has 170 valence electrons. The number of rotatable bonds is 4. The van der Waals surface area contributed by atoms with Gasteiger partial charge in [-0.15, -0.1) is 0 Å². The van der Waals surface area contributed by atoms with Gasteiger partial charge in [0.15, 0.2) is 0 Å². The van der Waals surface area contributed by atoms with Gasteiger partial charge in [-0.1, -0.05) is 42.2 Å². The molecular formula is C26H21N3O4S. The van der Waals surface area contributed by atoms with E-state index in [1.165, 1.54) is 13.3 Å². The van der Waals surface area contributed by atoms with E-state index in [4.69, 9.17) is 0 Å². The van der Waals surface area contributed by atoms with Crippen molar-refractivity contribution in [3.8, 4) is 11.8 Å². The summed E-state index contributed by atoms with van der Waals surface area (Å²) in [6.45, 7) is 3.55. The summed E-state index contributed by atoms with van der Waals surface area (Å²) in [5.41, 5.74) is 3.39. The molecule has 0 spiro atoms. The fourth-order valence-corrected chi connectivity index (χ4v) is 4.96. The molecule has 0 fully saturated rings. The molecule has 0 aliphatic rings. The summed E-state index contributed by atoms with van der Waals surface area (Å²) in [4.78, 5) is 20.2. The summed E-state index contributed by atoms with van der Waals surface area (Å²) >= 11 is 0. The zero-order valence-corrected chi connectivity index (χ0v) is 19.6. The standard InChI is InChI=1S/C26H21N3O4S/c1-17-10-11-20-8-6-14-27-24(20)25(17)34(31,32)29-22-9-5-4-7-19(22)12-13-21-16-28-23(15-18(21)2)26(30)33-3/h4-11,14-16,29H,1-3H3. The second kappa shape index (κ2) is 9.33. The van der Waals surface area contributed by atoms with Gasteiger partial charge in [-0.05, 0) is 49.2 Å². The van der Waals surface area contributed by atoms with Crippen molar-refractivity contribution in [2.75, 3.05) is 11.8 Å². The van der Waals surface area contributed by atoms with Gasteiger partial charge in [0.25, 0.3) is 10.0 Å². The van der Waals surface area contributed by atoms with E-state index in [1.54, 1.807) is 55.6 Å². The molecule has 1 N–H and O–H groups in total. The van der Waals surface area contributed by atoms with Crippen molar-refractivity contribution in [1.29, 1.82) is 0 Å². The number of carbonyl (C=O) groups excluding carboxylic acids is 1. The molecule has 0 saturated heterocycles. The quantitative estimate of drug-likeness (QED) is 0.353. The highest BCUT2D eigenvalue weighted by molar-refractivity contribution is 7.93. The monoisotopic (exact) mass is 471 g/mol. The summed E-state index contributed by atoms with van der Waals surface area (Å²) in [6, 6.07) is 15.7. The number of methoxy groups -OCH3 is 1. The first-order valence-electron chi connectivity index (χ1n) is 10.3. The Morgan fingerprint density at radius 3 is 2.47 bits per heavy atom. The van der Waals surface area contributed by atoms with Gasteiger partial charge in [-0.2, -0.15) is 0 Å². The molecule has 4 rings (SSSR count). The van der Waals surface area contributed by atoms with Gasteiger partial charge in [0.1, 0.15) is 10.6 Å². The number of carbonyl (C=O) groups is 1. The normalized spacial score (nSPS) is 10.9. The number of pyridine rings is 2. The molecular weight excluding hydrogens is 450 g/mol. The van der Waals surface area contributed by atoms with Crippen LogP contribution in [0.1, 0.15) is 32.7 Å². The molecule has 2 aromatic heterocycles. The van der Waals surface area contributed by atoms with Crippen molar-refractivity contribution >= 4 is 32.6 Å². The molecule has 7 nitrogen and oxygen atoms in total. The third-order valence-corrected chi connectivity index (χ3v) is 6.74. The second-order valence-corrected chi connectivity index (χ2v) is 9.18. The number of fused-ring (bicyclic) bond motifs is 1. The average Bonchev–Trinajstić information content (AvgIpc) is 2.83. The molecule has 4 aromatic rings. The Morgan fingerprint density at radius 2 is 1.71 bits per heavy atom. The SMILES string of the molecule is COC(=O)c1cc(C)c(C#Cc2ccccc2NS(=O)(=O)c2c(C)ccc3cccnc23)cn1. The fourth-order valence-electron chi connectivity index (χ4n) is 3.47. The molecule has 34 heavy (non-hydrogen) atoms. The number of hydrogen-bond donors (Lipinski definition) is 1. The van der Waals surface area contributed by atoms with Crippen LogP contribution < -0.4 is 4.72 Å². The molecule has 0 amide bonds. The number of sulfonamides is 1. The van der Waals surface area contributed by atoms with Crippen LogP contribution in [0.2, 0.25) is 0 Å². The molecule has 8 heteroatoms. The average molecular weight is 472 g/mol. The smallest absolute Gasteiger partial charge is 0.356 e. The van der Waals surface area contributed by atoms with Crippen molar-refractivity contribution < 1.29 is 17.9 Å². The van der Waals surface area contributed by atoms with E-state index in [0.29, 0.717) is 27.9 Å². The summed E-state index contributed by atoms with van der Waals surface area (Å²) in [5.74, 6) is 5.49. The molecule has 2 aromatic carbocycles. The third kappa shape index (κ3) is 4.60. The summed E-state index contributed by atoms with van der Waals surface area (Å²) < 4.78 is 34.1. The molecule has 0 saturated carbocycles. The Hall–Kier alpha value is -4.22. The van der Waals surface area contributed by atoms with Gasteiger partial charge in [0, 0.05) is 28.9 Å². The number of nitrogens with zero attached hydrogens (tertiary/aromatic N) is 2. The van der Waals surface area contributed by atoms with Crippen LogP contribution in [0.4, 0.5) is 5.69 Å². The lowest BCUT2D eigenvalue weighted by Crippen LogP contribution is -2.16. The second-order valence-electron chi connectivity index (χ2n) is 7.56. The van der Waals surface area contributed by atoms with Crippen LogP contribution in [-0.4, -0.2) is 31.5 Å². The van der Waals surface area contributed by atoms with E-state index >= 15 is 0 Å². The first-order chi connectivity index (χ1) is 16.3.